The van der Waals surface area contributed by atoms with Crippen molar-refractivity contribution in [3.63, 3.8) is 0 Å². The van der Waals surface area contributed by atoms with Crippen molar-refractivity contribution in [1.29, 1.82) is 0 Å². The summed E-state index contributed by atoms with van der Waals surface area (Å²) in [6.45, 7) is 0.578. The molecule has 1 amide bonds. The van der Waals surface area contributed by atoms with E-state index in [1.54, 1.807) is 13.2 Å². The number of nitrogens with one attached hydrogen (secondary N) is 1. The van der Waals surface area contributed by atoms with Crippen LogP contribution in [-0.2, 0) is 6.42 Å². The number of carbonyl (C=O) groups is 1. The third kappa shape index (κ3) is 4.51. The Morgan fingerprint density at radius 3 is 2.57 bits per heavy atom. The maximum Gasteiger partial charge on any atom is 0.252 e. The number of ether oxygens (including phenoxy) is 1. The third-order valence-electron chi connectivity index (χ3n) is 3.06. The molecule has 21 heavy (non-hydrogen) atoms. The summed E-state index contributed by atoms with van der Waals surface area (Å²) in [5, 5.41) is 2.90. The molecule has 0 fully saturated rings. The summed E-state index contributed by atoms with van der Waals surface area (Å²) < 4.78 is 6.02. The summed E-state index contributed by atoms with van der Waals surface area (Å²) in [6.07, 6.45) is 0.772. The van der Waals surface area contributed by atoms with Crippen LogP contribution >= 0.6 is 28.6 Å². The number of carbonyl (C=O) groups excluding carboxylic acids is 1. The minimum Gasteiger partial charge on any atom is -0.497 e. The first kappa shape index (κ1) is 15.9. The number of hydrogen-bond acceptors (Lipinski definition) is 3. The van der Waals surface area contributed by atoms with Crippen LogP contribution in [0, 0.1) is 0 Å². The summed E-state index contributed by atoms with van der Waals surface area (Å²) in [5.74, 6) is 0.721. The number of amides is 1. The molecule has 2 aromatic carbocycles. The largest absolute Gasteiger partial charge is 0.497 e. The molecule has 2 aromatic rings. The van der Waals surface area contributed by atoms with Gasteiger partial charge in [0.25, 0.3) is 5.91 Å². The Morgan fingerprint density at radius 2 is 1.95 bits per heavy atom. The van der Waals surface area contributed by atoms with Crippen molar-refractivity contribution in [2.24, 2.45) is 0 Å². The fraction of sp³-hybridized carbons (Fsp3) is 0.188. The van der Waals surface area contributed by atoms with Crippen LogP contribution in [0.15, 0.2) is 51.8 Å². The summed E-state index contributed by atoms with van der Waals surface area (Å²) in [4.78, 5) is 12.7. The van der Waals surface area contributed by atoms with E-state index in [9.17, 15) is 4.79 Å². The van der Waals surface area contributed by atoms with E-state index in [-0.39, 0.29) is 5.91 Å². The van der Waals surface area contributed by atoms with Crippen LogP contribution in [0.4, 0.5) is 0 Å². The van der Waals surface area contributed by atoms with Gasteiger partial charge in [-0.15, -0.1) is 12.6 Å². The molecule has 0 aliphatic rings. The average molecular weight is 366 g/mol. The Hall–Kier alpha value is -1.46. The lowest BCUT2D eigenvalue weighted by Gasteiger charge is -2.08. The number of thiol groups is 1. The van der Waals surface area contributed by atoms with Gasteiger partial charge in [-0.3, -0.25) is 4.79 Å². The van der Waals surface area contributed by atoms with Crippen molar-refractivity contribution in [3.8, 4) is 5.75 Å². The highest BCUT2D eigenvalue weighted by molar-refractivity contribution is 9.10. The molecule has 0 saturated carbocycles. The minimum atomic E-state index is -0.110. The van der Waals surface area contributed by atoms with E-state index >= 15 is 0 Å². The van der Waals surface area contributed by atoms with Crippen molar-refractivity contribution in [2.45, 2.75) is 11.3 Å². The van der Waals surface area contributed by atoms with Crippen LogP contribution in [0.25, 0.3) is 0 Å². The van der Waals surface area contributed by atoms with Crippen LogP contribution < -0.4 is 10.1 Å². The van der Waals surface area contributed by atoms with E-state index in [0.717, 1.165) is 22.2 Å². The molecule has 0 aliphatic heterocycles. The third-order valence-corrected chi connectivity index (χ3v) is 3.93. The summed E-state index contributed by atoms with van der Waals surface area (Å²) in [7, 11) is 1.64. The second-order valence-electron chi connectivity index (χ2n) is 4.52. The molecule has 5 heteroatoms. The van der Waals surface area contributed by atoms with E-state index in [1.807, 2.05) is 36.4 Å². The Labute approximate surface area is 138 Å². The standard InChI is InChI=1S/C16H16BrNO2S/c1-20-13-5-2-11(3-6-13)8-9-18-16(19)14-7-4-12(17)10-15(14)21/h2-7,10,21H,8-9H2,1H3,(H,18,19). The first-order valence-corrected chi connectivity index (χ1v) is 7.74. The molecule has 0 saturated heterocycles. The Balaban J connectivity index is 1.88. The molecule has 1 N–H and O–H groups in total. The molecular weight excluding hydrogens is 350 g/mol. The second kappa shape index (κ2) is 7.52. The van der Waals surface area contributed by atoms with E-state index in [2.05, 4.69) is 33.9 Å². The zero-order valence-corrected chi connectivity index (χ0v) is 14.1. The van der Waals surface area contributed by atoms with Gasteiger partial charge in [0.2, 0.25) is 0 Å². The van der Waals surface area contributed by atoms with Crippen LogP contribution in [0.1, 0.15) is 15.9 Å². The van der Waals surface area contributed by atoms with Gasteiger partial charge >= 0.3 is 0 Å². The highest BCUT2D eigenvalue weighted by Gasteiger charge is 2.09. The lowest BCUT2D eigenvalue weighted by molar-refractivity contribution is 0.0951. The zero-order chi connectivity index (χ0) is 15.2. The quantitative estimate of drug-likeness (QED) is 0.792. The van der Waals surface area contributed by atoms with Crippen LogP contribution in [0.2, 0.25) is 0 Å². The first-order chi connectivity index (χ1) is 10.1. The highest BCUT2D eigenvalue weighted by atomic mass is 79.9. The van der Waals surface area contributed by atoms with E-state index in [1.165, 1.54) is 0 Å². The minimum absolute atomic E-state index is 0.110. The lowest BCUT2D eigenvalue weighted by atomic mass is 10.1. The second-order valence-corrected chi connectivity index (χ2v) is 5.91. The monoisotopic (exact) mass is 365 g/mol. The van der Waals surface area contributed by atoms with Gasteiger partial charge in [0.05, 0.1) is 12.7 Å². The predicted molar refractivity (Wildman–Crippen MR) is 90.4 cm³/mol. The molecule has 0 radical (unpaired) electrons. The van der Waals surface area contributed by atoms with Crippen molar-refractivity contribution >= 4 is 34.5 Å². The van der Waals surface area contributed by atoms with Crippen LogP contribution in [0.3, 0.4) is 0 Å². The SMILES string of the molecule is COc1ccc(CCNC(=O)c2ccc(Br)cc2S)cc1. The molecule has 0 atom stereocenters. The number of hydrogen-bond donors (Lipinski definition) is 2. The maximum absolute atomic E-state index is 12.1. The normalized spacial score (nSPS) is 10.2. The number of halogens is 1. The van der Waals surface area contributed by atoms with Gasteiger partial charge in [-0.1, -0.05) is 28.1 Å². The zero-order valence-electron chi connectivity index (χ0n) is 11.6. The van der Waals surface area contributed by atoms with E-state index < -0.39 is 0 Å². The molecule has 2 rings (SSSR count). The van der Waals surface area contributed by atoms with Gasteiger partial charge in [-0.2, -0.15) is 0 Å². The van der Waals surface area contributed by atoms with Crippen molar-refractivity contribution in [3.05, 3.63) is 58.1 Å². The number of benzene rings is 2. The van der Waals surface area contributed by atoms with Crippen LogP contribution in [-0.4, -0.2) is 19.6 Å². The Bertz CT molecular complexity index is 629. The van der Waals surface area contributed by atoms with Crippen molar-refractivity contribution in [1.82, 2.24) is 5.32 Å². The predicted octanol–water partition coefficient (Wildman–Crippen LogP) is 3.72. The molecule has 0 aliphatic carbocycles. The Kier molecular flexibility index (Phi) is 5.70. The lowest BCUT2D eigenvalue weighted by Crippen LogP contribution is -2.26. The molecule has 0 bridgehead atoms. The first-order valence-electron chi connectivity index (χ1n) is 6.50. The van der Waals surface area contributed by atoms with Gasteiger partial charge in [0, 0.05) is 15.9 Å². The van der Waals surface area contributed by atoms with Crippen molar-refractivity contribution < 1.29 is 9.53 Å². The summed E-state index contributed by atoms with van der Waals surface area (Å²) in [5.41, 5.74) is 1.73. The highest BCUT2D eigenvalue weighted by Crippen LogP contribution is 2.19. The maximum atomic E-state index is 12.1. The van der Waals surface area contributed by atoms with E-state index in [4.69, 9.17) is 4.74 Å². The molecule has 0 unspecified atom stereocenters. The van der Waals surface area contributed by atoms with Gasteiger partial charge in [0.15, 0.2) is 0 Å². The number of rotatable bonds is 5. The van der Waals surface area contributed by atoms with Gasteiger partial charge < -0.3 is 10.1 Å². The molecule has 3 nitrogen and oxygen atoms in total. The average Bonchev–Trinajstić information content (AvgIpc) is 2.47. The summed E-state index contributed by atoms with van der Waals surface area (Å²) in [6, 6.07) is 13.2. The van der Waals surface area contributed by atoms with Crippen molar-refractivity contribution in [2.75, 3.05) is 13.7 Å². The smallest absolute Gasteiger partial charge is 0.252 e. The van der Waals surface area contributed by atoms with Gasteiger partial charge in [0.1, 0.15) is 5.75 Å². The fourth-order valence-electron chi connectivity index (χ4n) is 1.90. The van der Waals surface area contributed by atoms with Gasteiger partial charge in [-0.05, 0) is 42.3 Å². The molecule has 0 aromatic heterocycles. The van der Waals surface area contributed by atoms with E-state index in [0.29, 0.717) is 17.0 Å². The molecule has 0 spiro atoms. The molecule has 0 heterocycles. The topological polar surface area (TPSA) is 38.3 Å². The Morgan fingerprint density at radius 1 is 1.24 bits per heavy atom. The molecule has 110 valence electrons. The summed E-state index contributed by atoms with van der Waals surface area (Å²) >= 11 is 7.67. The van der Waals surface area contributed by atoms with Gasteiger partial charge in [-0.25, -0.2) is 0 Å². The molecular formula is C16H16BrNO2S. The number of methoxy groups -OCH3 is 1. The van der Waals surface area contributed by atoms with Crippen LogP contribution in [0.5, 0.6) is 5.75 Å². The fourth-order valence-corrected chi connectivity index (χ4v) is 2.76.